The van der Waals surface area contributed by atoms with Crippen LogP contribution in [0.4, 0.5) is 13.2 Å². The second-order valence-corrected chi connectivity index (χ2v) is 6.56. The smallest absolute Gasteiger partial charge is 0.239 e. The van der Waals surface area contributed by atoms with Crippen molar-refractivity contribution < 1.29 is 13.2 Å². The summed E-state index contributed by atoms with van der Waals surface area (Å²) in [6.45, 7) is 3.90. The van der Waals surface area contributed by atoms with Crippen molar-refractivity contribution in [1.29, 1.82) is 0 Å². The first-order valence-corrected chi connectivity index (χ1v) is 8.17. The van der Waals surface area contributed by atoms with Crippen molar-refractivity contribution in [3.63, 3.8) is 0 Å². The van der Waals surface area contributed by atoms with Gasteiger partial charge in [0, 0.05) is 16.5 Å². The molecule has 0 aliphatic rings. The van der Waals surface area contributed by atoms with Gasteiger partial charge in [-0.3, -0.25) is 0 Å². The number of benzene rings is 2. The van der Waals surface area contributed by atoms with Crippen LogP contribution >= 0.6 is 11.8 Å². The fourth-order valence-electron chi connectivity index (χ4n) is 2.40. The normalized spacial score (nSPS) is 12.0. The molecule has 0 aliphatic heterocycles. The van der Waals surface area contributed by atoms with Crippen molar-refractivity contribution in [2.24, 2.45) is 0 Å². The molecule has 1 aromatic heterocycles. The van der Waals surface area contributed by atoms with Crippen LogP contribution in [0, 0.1) is 6.92 Å². The second-order valence-electron chi connectivity index (χ2n) is 5.25. The molecule has 0 saturated heterocycles. The first-order chi connectivity index (χ1) is 10.9. The van der Waals surface area contributed by atoms with Gasteiger partial charge in [0.15, 0.2) is 0 Å². The minimum Gasteiger partial charge on any atom is -0.239 e. The van der Waals surface area contributed by atoms with Gasteiger partial charge < -0.3 is 0 Å². The largest absolute Gasteiger partial charge is 0.416 e. The number of nitrogens with zero attached hydrogens (tertiary/aromatic N) is 2. The lowest BCUT2D eigenvalue weighted by Crippen LogP contribution is -2.06. The Kier molecular flexibility index (Phi) is 4.10. The fraction of sp³-hybridized carbons (Fsp3) is 0.235. The highest BCUT2D eigenvalue weighted by molar-refractivity contribution is 7.99. The molecule has 3 aromatic rings. The third kappa shape index (κ3) is 3.22. The minimum absolute atomic E-state index is 0.576. The maximum atomic E-state index is 12.9. The van der Waals surface area contributed by atoms with E-state index in [2.05, 4.69) is 5.10 Å². The Hall–Kier alpha value is -1.95. The molecule has 0 aliphatic carbocycles. The van der Waals surface area contributed by atoms with E-state index in [4.69, 9.17) is 0 Å². The number of halogens is 3. The SMILES string of the molecule is CCSc1cc(C(F)(F)F)ccc1-n1cc2ccc(C)cc2n1. The van der Waals surface area contributed by atoms with Crippen molar-refractivity contribution in [2.75, 3.05) is 5.75 Å². The molecule has 0 spiro atoms. The molecule has 0 bridgehead atoms. The van der Waals surface area contributed by atoms with Crippen LogP contribution in [0.15, 0.2) is 47.5 Å². The molecule has 1 heterocycles. The second kappa shape index (κ2) is 5.92. The highest BCUT2D eigenvalue weighted by Gasteiger charge is 2.31. The van der Waals surface area contributed by atoms with Crippen LogP contribution in [-0.4, -0.2) is 15.5 Å². The third-order valence-electron chi connectivity index (χ3n) is 3.50. The Morgan fingerprint density at radius 3 is 2.61 bits per heavy atom. The average Bonchev–Trinajstić information content (AvgIpc) is 2.89. The van der Waals surface area contributed by atoms with Gasteiger partial charge in [0.05, 0.1) is 16.8 Å². The Labute approximate surface area is 136 Å². The van der Waals surface area contributed by atoms with E-state index in [0.29, 0.717) is 16.3 Å². The molecule has 0 atom stereocenters. The van der Waals surface area contributed by atoms with E-state index >= 15 is 0 Å². The molecular weight excluding hydrogens is 321 g/mol. The summed E-state index contributed by atoms with van der Waals surface area (Å²) in [7, 11) is 0. The van der Waals surface area contributed by atoms with E-state index in [1.165, 1.54) is 23.9 Å². The number of rotatable bonds is 3. The van der Waals surface area contributed by atoms with Crippen molar-refractivity contribution in [2.45, 2.75) is 24.9 Å². The number of alkyl halides is 3. The summed E-state index contributed by atoms with van der Waals surface area (Å²) in [4.78, 5) is 0.576. The van der Waals surface area contributed by atoms with Gasteiger partial charge in [0.25, 0.3) is 0 Å². The molecule has 120 valence electrons. The lowest BCUT2D eigenvalue weighted by molar-refractivity contribution is -0.137. The molecule has 0 fully saturated rings. The van der Waals surface area contributed by atoms with Gasteiger partial charge in [-0.15, -0.1) is 11.8 Å². The van der Waals surface area contributed by atoms with Crippen molar-refractivity contribution in [3.8, 4) is 5.69 Å². The van der Waals surface area contributed by atoms with Gasteiger partial charge in [-0.1, -0.05) is 19.1 Å². The standard InChI is InChI=1S/C17H15F3N2S/c1-3-23-16-9-13(17(18,19)20)6-7-15(16)22-10-12-5-4-11(2)8-14(12)21-22/h4-10H,3H2,1-2H3. The van der Waals surface area contributed by atoms with E-state index in [1.54, 1.807) is 4.68 Å². The average molecular weight is 336 g/mol. The maximum Gasteiger partial charge on any atom is 0.416 e. The monoisotopic (exact) mass is 336 g/mol. The van der Waals surface area contributed by atoms with Crippen molar-refractivity contribution in [1.82, 2.24) is 9.78 Å². The van der Waals surface area contributed by atoms with E-state index in [-0.39, 0.29) is 0 Å². The Morgan fingerprint density at radius 2 is 1.91 bits per heavy atom. The summed E-state index contributed by atoms with van der Waals surface area (Å²) in [6.07, 6.45) is -2.50. The van der Waals surface area contributed by atoms with Crippen LogP contribution in [0.2, 0.25) is 0 Å². The number of hydrogen-bond donors (Lipinski definition) is 0. The molecule has 2 nitrogen and oxygen atoms in total. The number of aryl methyl sites for hydroxylation is 1. The lowest BCUT2D eigenvalue weighted by Gasteiger charge is -2.12. The molecule has 2 aromatic carbocycles. The van der Waals surface area contributed by atoms with Crippen LogP contribution in [-0.2, 0) is 6.18 Å². The molecular formula is C17H15F3N2S. The lowest BCUT2D eigenvalue weighted by atomic mass is 10.2. The van der Waals surface area contributed by atoms with E-state index in [1.807, 2.05) is 38.2 Å². The van der Waals surface area contributed by atoms with Crippen LogP contribution in [0.25, 0.3) is 16.6 Å². The number of thioether (sulfide) groups is 1. The van der Waals surface area contributed by atoms with Crippen molar-refractivity contribution in [3.05, 3.63) is 53.7 Å². The quantitative estimate of drug-likeness (QED) is 0.591. The van der Waals surface area contributed by atoms with E-state index < -0.39 is 11.7 Å². The summed E-state index contributed by atoms with van der Waals surface area (Å²) >= 11 is 1.38. The third-order valence-corrected chi connectivity index (χ3v) is 4.42. The molecule has 6 heteroatoms. The summed E-state index contributed by atoms with van der Waals surface area (Å²) in [5.74, 6) is 0.689. The number of aromatic nitrogens is 2. The first-order valence-electron chi connectivity index (χ1n) is 7.19. The molecule has 0 amide bonds. The van der Waals surface area contributed by atoms with Gasteiger partial charge in [-0.2, -0.15) is 18.3 Å². The number of fused-ring (bicyclic) bond motifs is 1. The molecule has 23 heavy (non-hydrogen) atoms. The Balaban J connectivity index is 2.12. The zero-order valence-electron chi connectivity index (χ0n) is 12.7. The Morgan fingerprint density at radius 1 is 1.13 bits per heavy atom. The zero-order valence-corrected chi connectivity index (χ0v) is 13.5. The summed E-state index contributed by atoms with van der Waals surface area (Å²) in [6, 6.07) is 9.70. The van der Waals surface area contributed by atoms with Gasteiger partial charge in [0.1, 0.15) is 0 Å². The minimum atomic E-state index is -4.34. The molecule has 0 unspecified atom stereocenters. The van der Waals surface area contributed by atoms with Crippen LogP contribution in [0.3, 0.4) is 0 Å². The maximum absolute atomic E-state index is 12.9. The predicted octanol–water partition coefficient (Wildman–Crippen LogP) is 5.46. The predicted molar refractivity (Wildman–Crippen MR) is 87.2 cm³/mol. The Bertz CT molecular complexity index is 853. The van der Waals surface area contributed by atoms with Gasteiger partial charge in [0.2, 0.25) is 0 Å². The molecule has 0 radical (unpaired) electrons. The number of hydrogen-bond acceptors (Lipinski definition) is 2. The van der Waals surface area contributed by atoms with E-state index in [9.17, 15) is 13.2 Å². The first kappa shape index (κ1) is 15.9. The molecule has 0 N–H and O–H groups in total. The van der Waals surface area contributed by atoms with Gasteiger partial charge >= 0.3 is 6.18 Å². The van der Waals surface area contributed by atoms with Crippen LogP contribution in [0.5, 0.6) is 0 Å². The zero-order chi connectivity index (χ0) is 16.6. The van der Waals surface area contributed by atoms with Gasteiger partial charge in [-0.25, -0.2) is 4.68 Å². The summed E-state index contributed by atoms with van der Waals surface area (Å²) in [5, 5.41) is 5.46. The topological polar surface area (TPSA) is 17.8 Å². The molecule has 3 rings (SSSR count). The summed E-state index contributed by atoms with van der Waals surface area (Å²) < 4.78 is 40.4. The summed E-state index contributed by atoms with van der Waals surface area (Å²) in [5.41, 5.74) is 1.96. The fourth-order valence-corrected chi connectivity index (χ4v) is 3.23. The highest BCUT2D eigenvalue weighted by atomic mass is 32.2. The van der Waals surface area contributed by atoms with E-state index in [0.717, 1.165) is 22.5 Å². The molecule has 0 saturated carbocycles. The van der Waals surface area contributed by atoms with Crippen molar-refractivity contribution >= 4 is 22.7 Å². The van der Waals surface area contributed by atoms with Crippen LogP contribution in [0.1, 0.15) is 18.1 Å². The van der Waals surface area contributed by atoms with Gasteiger partial charge in [-0.05, 0) is 42.5 Å². The highest BCUT2D eigenvalue weighted by Crippen LogP contribution is 2.35. The van der Waals surface area contributed by atoms with Crippen LogP contribution < -0.4 is 0 Å².